The van der Waals surface area contributed by atoms with Crippen molar-refractivity contribution in [2.24, 2.45) is 5.41 Å². The molecule has 88 valence electrons. The first-order valence-corrected chi connectivity index (χ1v) is 6.06. The Morgan fingerprint density at radius 1 is 1.44 bits per heavy atom. The topological polar surface area (TPSA) is 12.0 Å². The van der Waals surface area contributed by atoms with Gasteiger partial charge in [-0.05, 0) is 55.0 Å². The van der Waals surface area contributed by atoms with E-state index in [4.69, 9.17) is 0 Å². The molecule has 0 aromatic heterocycles. The summed E-state index contributed by atoms with van der Waals surface area (Å²) in [6, 6.07) is 5.40. The fraction of sp³-hybridized carbons (Fsp3) is 0.571. The maximum atomic E-state index is 13.3. The molecular formula is C14H20FN. The molecule has 1 atom stereocenters. The van der Waals surface area contributed by atoms with Gasteiger partial charge in [-0.15, -0.1) is 0 Å². The monoisotopic (exact) mass is 221 g/mol. The van der Waals surface area contributed by atoms with Gasteiger partial charge in [0.05, 0.1) is 0 Å². The molecule has 0 heterocycles. The van der Waals surface area contributed by atoms with Gasteiger partial charge in [0.25, 0.3) is 0 Å². The first kappa shape index (κ1) is 11.6. The van der Waals surface area contributed by atoms with Gasteiger partial charge < -0.3 is 5.32 Å². The van der Waals surface area contributed by atoms with Gasteiger partial charge in [0.15, 0.2) is 0 Å². The highest BCUT2D eigenvalue weighted by Gasteiger charge is 2.45. The lowest BCUT2D eigenvalue weighted by Gasteiger charge is -2.26. The van der Waals surface area contributed by atoms with E-state index < -0.39 is 0 Å². The Balaban J connectivity index is 2.34. The van der Waals surface area contributed by atoms with Crippen molar-refractivity contribution < 1.29 is 4.39 Å². The van der Waals surface area contributed by atoms with Crippen LogP contribution in [0.4, 0.5) is 4.39 Å². The smallest absolute Gasteiger partial charge is 0.123 e. The molecule has 1 aliphatic carbocycles. The molecule has 0 saturated heterocycles. The molecule has 16 heavy (non-hydrogen) atoms. The summed E-state index contributed by atoms with van der Waals surface area (Å²) in [5.41, 5.74) is 2.64. The highest BCUT2D eigenvalue weighted by Crippen LogP contribution is 2.54. The van der Waals surface area contributed by atoms with Crippen molar-refractivity contribution in [2.75, 3.05) is 6.54 Å². The molecule has 0 bridgehead atoms. The lowest BCUT2D eigenvalue weighted by atomic mass is 9.89. The molecule has 1 N–H and O–H groups in total. The molecule has 0 radical (unpaired) electrons. The Hall–Kier alpha value is -0.890. The second-order valence-electron chi connectivity index (χ2n) is 5.15. The maximum Gasteiger partial charge on any atom is 0.123 e. The van der Waals surface area contributed by atoms with E-state index in [1.54, 1.807) is 6.07 Å². The number of aryl methyl sites for hydroxylation is 1. The molecule has 2 rings (SSSR count). The summed E-state index contributed by atoms with van der Waals surface area (Å²) in [5.74, 6) is -0.132. The number of benzene rings is 1. The van der Waals surface area contributed by atoms with Crippen LogP contribution in [0, 0.1) is 18.2 Å². The number of halogens is 1. The van der Waals surface area contributed by atoms with Crippen molar-refractivity contribution in [1.82, 2.24) is 5.32 Å². The summed E-state index contributed by atoms with van der Waals surface area (Å²) in [7, 11) is 0. The van der Waals surface area contributed by atoms with Crippen LogP contribution in [-0.4, -0.2) is 6.54 Å². The Labute approximate surface area is 97.1 Å². The van der Waals surface area contributed by atoms with Crippen LogP contribution in [0.5, 0.6) is 0 Å². The van der Waals surface area contributed by atoms with Gasteiger partial charge >= 0.3 is 0 Å². The zero-order valence-electron chi connectivity index (χ0n) is 10.3. The molecule has 1 nitrogen and oxygen atoms in total. The van der Waals surface area contributed by atoms with Gasteiger partial charge in [0.2, 0.25) is 0 Å². The Morgan fingerprint density at radius 3 is 2.69 bits per heavy atom. The van der Waals surface area contributed by atoms with E-state index in [-0.39, 0.29) is 5.82 Å². The summed E-state index contributed by atoms with van der Waals surface area (Å²) < 4.78 is 13.3. The average molecular weight is 221 g/mol. The average Bonchev–Trinajstić information content (AvgIpc) is 2.98. The van der Waals surface area contributed by atoms with Crippen molar-refractivity contribution in [2.45, 2.75) is 39.7 Å². The zero-order valence-corrected chi connectivity index (χ0v) is 10.3. The molecule has 1 saturated carbocycles. The van der Waals surface area contributed by atoms with E-state index in [1.165, 1.54) is 24.5 Å². The minimum absolute atomic E-state index is 0.132. The summed E-state index contributed by atoms with van der Waals surface area (Å²) in [6.45, 7) is 7.37. The van der Waals surface area contributed by atoms with Crippen LogP contribution in [0.15, 0.2) is 18.2 Å². The van der Waals surface area contributed by atoms with E-state index in [2.05, 4.69) is 26.1 Å². The van der Waals surface area contributed by atoms with Crippen molar-refractivity contribution in [3.05, 3.63) is 35.1 Å². The fourth-order valence-corrected chi connectivity index (χ4v) is 2.34. The third kappa shape index (κ3) is 2.12. The third-order valence-electron chi connectivity index (χ3n) is 3.70. The predicted octanol–water partition coefficient (Wildman–Crippen LogP) is 3.58. The largest absolute Gasteiger partial charge is 0.310 e. The fourth-order valence-electron chi connectivity index (χ4n) is 2.34. The molecule has 1 unspecified atom stereocenters. The number of hydrogen-bond acceptors (Lipinski definition) is 1. The van der Waals surface area contributed by atoms with Gasteiger partial charge in [-0.3, -0.25) is 0 Å². The van der Waals surface area contributed by atoms with Crippen LogP contribution in [0.1, 0.15) is 43.9 Å². The second kappa shape index (κ2) is 4.17. The van der Waals surface area contributed by atoms with E-state index in [9.17, 15) is 4.39 Å². The molecular weight excluding hydrogens is 201 g/mol. The Kier molecular flexibility index (Phi) is 3.02. The Bertz CT molecular complexity index is 382. The highest BCUT2D eigenvalue weighted by molar-refractivity contribution is 5.32. The minimum Gasteiger partial charge on any atom is -0.310 e. The van der Waals surface area contributed by atoms with Crippen LogP contribution in [0.3, 0.4) is 0 Å². The minimum atomic E-state index is -0.132. The molecule has 1 aliphatic rings. The summed E-state index contributed by atoms with van der Waals surface area (Å²) in [6.07, 6.45) is 2.47. The van der Waals surface area contributed by atoms with Gasteiger partial charge in [0.1, 0.15) is 5.82 Å². The number of hydrogen-bond donors (Lipinski definition) is 1. The summed E-state index contributed by atoms with van der Waals surface area (Å²) in [5, 5.41) is 3.50. The molecule has 0 aliphatic heterocycles. The van der Waals surface area contributed by atoms with Gasteiger partial charge in [-0.1, -0.05) is 19.9 Å². The van der Waals surface area contributed by atoms with Gasteiger partial charge in [-0.25, -0.2) is 4.39 Å². The SMILES string of the molecule is CCNC(c1cc(F)ccc1C)C1(C)CC1. The molecule has 1 fully saturated rings. The Morgan fingerprint density at radius 2 is 2.12 bits per heavy atom. The highest BCUT2D eigenvalue weighted by atomic mass is 19.1. The summed E-state index contributed by atoms with van der Waals surface area (Å²) in [4.78, 5) is 0. The van der Waals surface area contributed by atoms with Gasteiger partial charge in [0, 0.05) is 6.04 Å². The predicted molar refractivity (Wildman–Crippen MR) is 64.9 cm³/mol. The van der Waals surface area contributed by atoms with Gasteiger partial charge in [-0.2, -0.15) is 0 Å². The van der Waals surface area contributed by atoms with E-state index in [0.717, 1.165) is 12.1 Å². The molecule has 1 aromatic rings. The number of rotatable bonds is 4. The third-order valence-corrected chi connectivity index (χ3v) is 3.70. The van der Waals surface area contributed by atoms with Crippen LogP contribution < -0.4 is 5.32 Å². The van der Waals surface area contributed by atoms with Crippen LogP contribution in [0.25, 0.3) is 0 Å². The van der Waals surface area contributed by atoms with Crippen molar-refractivity contribution >= 4 is 0 Å². The first-order chi connectivity index (χ1) is 7.57. The molecule has 0 amide bonds. The van der Waals surface area contributed by atoms with Crippen LogP contribution in [-0.2, 0) is 0 Å². The van der Waals surface area contributed by atoms with Crippen molar-refractivity contribution in [3.63, 3.8) is 0 Å². The number of nitrogens with one attached hydrogen (secondary N) is 1. The van der Waals surface area contributed by atoms with E-state index in [1.807, 2.05) is 6.07 Å². The summed E-state index contributed by atoms with van der Waals surface area (Å²) >= 11 is 0. The quantitative estimate of drug-likeness (QED) is 0.819. The normalized spacial score (nSPS) is 19.5. The van der Waals surface area contributed by atoms with Crippen molar-refractivity contribution in [1.29, 1.82) is 0 Å². The zero-order chi connectivity index (χ0) is 11.8. The molecule has 2 heteroatoms. The van der Waals surface area contributed by atoms with Crippen LogP contribution in [0.2, 0.25) is 0 Å². The van der Waals surface area contributed by atoms with Crippen LogP contribution >= 0.6 is 0 Å². The maximum absolute atomic E-state index is 13.3. The molecule has 1 aromatic carbocycles. The van der Waals surface area contributed by atoms with E-state index >= 15 is 0 Å². The molecule has 0 spiro atoms. The van der Waals surface area contributed by atoms with Crippen molar-refractivity contribution in [3.8, 4) is 0 Å². The lowest BCUT2D eigenvalue weighted by Crippen LogP contribution is -2.28. The second-order valence-corrected chi connectivity index (χ2v) is 5.15. The standard InChI is InChI=1S/C14H20FN/c1-4-16-13(14(3)7-8-14)12-9-11(15)6-5-10(12)2/h5-6,9,13,16H,4,7-8H2,1-3H3. The first-order valence-electron chi connectivity index (χ1n) is 6.06. The van der Waals surface area contributed by atoms with E-state index in [0.29, 0.717) is 11.5 Å². The lowest BCUT2D eigenvalue weighted by molar-refractivity contribution is 0.371.